The molecular formula is C12H16N2O5S. The molecule has 1 aromatic rings. The third-order valence-electron chi connectivity index (χ3n) is 2.68. The molecule has 1 rings (SSSR count). The third-order valence-corrected chi connectivity index (χ3v) is 3.88. The van der Waals surface area contributed by atoms with Crippen molar-refractivity contribution in [1.29, 1.82) is 0 Å². The summed E-state index contributed by atoms with van der Waals surface area (Å²) in [5.41, 5.74) is 0.0844. The molecule has 0 bridgehead atoms. The van der Waals surface area contributed by atoms with Crippen LogP contribution in [0.15, 0.2) is 18.2 Å². The smallest absolute Gasteiger partial charge is 0.335 e. The van der Waals surface area contributed by atoms with Crippen LogP contribution in [0.2, 0.25) is 0 Å². The summed E-state index contributed by atoms with van der Waals surface area (Å²) in [5, 5.41) is 9.05. The van der Waals surface area contributed by atoms with Gasteiger partial charge in [-0.1, -0.05) is 0 Å². The first-order chi connectivity index (χ1) is 9.04. The number of rotatable bonds is 4. The van der Waals surface area contributed by atoms with Crippen molar-refractivity contribution < 1.29 is 23.1 Å². The van der Waals surface area contributed by atoms with Crippen molar-refractivity contribution in [1.82, 2.24) is 4.90 Å². The minimum absolute atomic E-state index is 0.111. The van der Waals surface area contributed by atoms with Gasteiger partial charge in [0.2, 0.25) is 10.0 Å². The number of carboxylic acid groups (broad SMARTS) is 1. The van der Waals surface area contributed by atoms with Gasteiger partial charge in [0, 0.05) is 26.7 Å². The molecular weight excluding hydrogens is 284 g/mol. The zero-order chi connectivity index (χ0) is 15.7. The fourth-order valence-corrected chi connectivity index (χ4v) is 1.98. The summed E-state index contributed by atoms with van der Waals surface area (Å²) >= 11 is 0. The van der Waals surface area contributed by atoms with E-state index >= 15 is 0 Å². The first kappa shape index (κ1) is 16.0. The maximum atomic E-state index is 11.9. The van der Waals surface area contributed by atoms with Crippen molar-refractivity contribution >= 4 is 27.6 Å². The normalized spacial score (nSPS) is 11.0. The molecule has 1 N–H and O–H groups in total. The summed E-state index contributed by atoms with van der Waals surface area (Å²) in [5.74, 6) is -1.64. The van der Waals surface area contributed by atoms with Gasteiger partial charge >= 0.3 is 5.97 Å². The maximum absolute atomic E-state index is 11.9. The van der Waals surface area contributed by atoms with Crippen molar-refractivity contribution in [2.45, 2.75) is 0 Å². The predicted molar refractivity (Wildman–Crippen MR) is 74.7 cm³/mol. The second-order valence-corrected chi connectivity index (χ2v) is 6.52. The second-order valence-electron chi connectivity index (χ2n) is 4.50. The van der Waals surface area contributed by atoms with Gasteiger partial charge in [-0.05, 0) is 18.2 Å². The van der Waals surface area contributed by atoms with Gasteiger partial charge in [0.1, 0.15) is 0 Å². The quantitative estimate of drug-likeness (QED) is 0.872. The minimum atomic E-state index is -3.55. The SMILES string of the molecule is CN(C)C(=O)c1cc(C(=O)O)cc(N(C)S(C)(=O)=O)c1. The molecule has 0 spiro atoms. The molecule has 0 atom stereocenters. The number of amides is 1. The van der Waals surface area contributed by atoms with E-state index < -0.39 is 21.9 Å². The van der Waals surface area contributed by atoms with Gasteiger partial charge in [-0.25, -0.2) is 13.2 Å². The number of hydrogen-bond acceptors (Lipinski definition) is 4. The van der Waals surface area contributed by atoms with E-state index in [1.807, 2.05) is 0 Å². The Bertz CT molecular complexity index is 652. The fraction of sp³-hybridized carbons (Fsp3) is 0.333. The van der Waals surface area contributed by atoms with Crippen LogP contribution in [0.4, 0.5) is 5.69 Å². The van der Waals surface area contributed by atoms with Crippen LogP contribution < -0.4 is 4.31 Å². The van der Waals surface area contributed by atoms with Crippen LogP contribution in [0.1, 0.15) is 20.7 Å². The van der Waals surface area contributed by atoms with Crippen LogP contribution in [0.25, 0.3) is 0 Å². The summed E-state index contributed by atoms with van der Waals surface area (Å²) in [6.45, 7) is 0. The van der Waals surface area contributed by atoms with Gasteiger partial charge in [0.25, 0.3) is 5.91 Å². The Morgan fingerprint density at radius 3 is 1.95 bits per heavy atom. The molecule has 0 saturated carbocycles. The van der Waals surface area contributed by atoms with Gasteiger partial charge in [-0.3, -0.25) is 9.10 Å². The molecule has 0 aliphatic rings. The van der Waals surface area contributed by atoms with E-state index in [-0.39, 0.29) is 16.8 Å². The van der Waals surface area contributed by atoms with Gasteiger partial charge in [-0.15, -0.1) is 0 Å². The van der Waals surface area contributed by atoms with Crippen LogP contribution in [0, 0.1) is 0 Å². The summed E-state index contributed by atoms with van der Waals surface area (Å²) in [6.07, 6.45) is 0.994. The average molecular weight is 300 g/mol. The Balaban J connectivity index is 3.47. The monoisotopic (exact) mass is 300 g/mol. The first-order valence-electron chi connectivity index (χ1n) is 5.58. The highest BCUT2D eigenvalue weighted by molar-refractivity contribution is 7.92. The molecule has 0 aliphatic carbocycles. The third kappa shape index (κ3) is 3.47. The van der Waals surface area contributed by atoms with E-state index in [4.69, 9.17) is 5.11 Å². The van der Waals surface area contributed by atoms with E-state index in [0.717, 1.165) is 10.6 Å². The van der Waals surface area contributed by atoms with Crippen molar-refractivity contribution in [3.05, 3.63) is 29.3 Å². The van der Waals surface area contributed by atoms with Gasteiger partial charge in [-0.2, -0.15) is 0 Å². The predicted octanol–water partition coefficient (Wildman–Crippen LogP) is 0.482. The summed E-state index contributed by atoms with van der Waals surface area (Å²) in [7, 11) is 0.793. The lowest BCUT2D eigenvalue weighted by Gasteiger charge is -2.19. The Morgan fingerprint density at radius 2 is 1.55 bits per heavy atom. The van der Waals surface area contributed by atoms with Gasteiger partial charge in [0.05, 0.1) is 17.5 Å². The number of aromatic carboxylic acids is 1. The van der Waals surface area contributed by atoms with E-state index in [1.54, 1.807) is 0 Å². The maximum Gasteiger partial charge on any atom is 0.335 e. The first-order valence-corrected chi connectivity index (χ1v) is 7.43. The highest BCUT2D eigenvalue weighted by Crippen LogP contribution is 2.21. The molecule has 0 radical (unpaired) electrons. The number of hydrogen-bond donors (Lipinski definition) is 1. The number of carbonyl (C=O) groups excluding carboxylic acids is 1. The van der Waals surface area contributed by atoms with Crippen LogP contribution in [-0.2, 0) is 10.0 Å². The lowest BCUT2D eigenvalue weighted by Crippen LogP contribution is -2.26. The molecule has 0 saturated heterocycles. The largest absolute Gasteiger partial charge is 0.478 e. The zero-order valence-electron chi connectivity index (χ0n) is 11.6. The van der Waals surface area contributed by atoms with Gasteiger partial charge in [0.15, 0.2) is 0 Å². The second kappa shape index (κ2) is 5.49. The molecule has 7 nitrogen and oxygen atoms in total. The summed E-state index contributed by atoms with van der Waals surface area (Å²) < 4.78 is 23.9. The number of benzene rings is 1. The molecule has 0 heterocycles. The number of anilines is 1. The number of carbonyl (C=O) groups is 2. The average Bonchev–Trinajstić information content (AvgIpc) is 2.34. The van der Waals surface area contributed by atoms with Crippen molar-refractivity contribution in [3.8, 4) is 0 Å². The zero-order valence-corrected chi connectivity index (χ0v) is 12.4. The van der Waals surface area contributed by atoms with Crippen LogP contribution >= 0.6 is 0 Å². The highest BCUT2D eigenvalue weighted by atomic mass is 32.2. The fourth-order valence-electron chi connectivity index (χ4n) is 1.49. The number of sulfonamides is 1. The molecule has 110 valence electrons. The summed E-state index contributed by atoms with van der Waals surface area (Å²) in [6, 6.07) is 3.76. The standard InChI is InChI=1S/C12H16N2O5S/c1-13(2)11(15)8-5-9(12(16)17)7-10(6-8)14(3)20(4,18)19/h5-7H,1-4H3,(H,16,17). The molecule has 0 unspecified atom stereocenters. The molecule has 1 amide bonds. The highest BCUT2D eigenvalue weighted by Gasteiger charge is 2.18. The Labute approximate surface area is 117 Å². The van der Waals surface area contributed by atoms with E-state index in [0.29, 0.717) is 0 Å². The Morgan fingerprint density at radius 1 is 1.05 bits per heavy atom. The minimum Gasteiger partial charge on any atom is -0.478 e. The summed E-state index contributed by atoms with van der Waals surface area (Å²) in [4.78, 5) is 24.3. The van der Waals surface area contributed by atoms with E-state index in [1.165, 1.54) is 44.2 Å². The van der Waals surface area contributed by atoms with Gasteiger partial charge < -0.3 is 10.0 Å². The lowest BCUT2D eigenvalue weighted by atomic mass is 10.1. The lowest BCUT2D eigenvalue weighted by molar-refractivity contribution is 0.0697. The van der Waals surface area contributed by atoms with E-state index in [9.17, 15) is 18.0 Å². The van der Waals surface area contributed by atoms with Crippen LogP contribution in [-0.4, -0.2) is 57.7 Å². The van der Waals surface area contributed by atoms with Crippen LogP contribution in [0.3, 0.4) is 0 Å². The number of carboxylic acids is 1. The molecule has 1 aromatic carbocycles. The van der Waals surface area contributed by atoms with Crippen LogP contribution in [0.5, 0.6) is 0 Å². The van der Waals surface area contributed by atoms with Crippen molar-refractivity contribution in [2.75, 3.05) is 31.7 Å². The molecule has 8 heteroatoms. The Kier molecular flexibility index (Phi) is 4.39. The molecule has 20 heavy (non-hydrogen) atoms. The molecule has 0 aromatic heterocycles. The van der Waals surface area contributed by atoms with Crippen molar-refractivity contribution in [3.63, 3.8) is 0 Å². The Hall–Kier alpha value is -2.09. The van der Waals surface area contributed by atoms with E-state index in [2.05, 4.69) is 0 Å². The van der Waals surface area contributed by atoms with Crippen molar-refractivity contribution in [2.24, 2.45) is 0 Å². The topological polar surface area (TPSA) is 95.0 Å². The molecule has 0 fully saturated rings. The number of nitrogens with zero attached hydrogens (tertiary/aromatic N) is 2. The molecule has 0 aliphatic heterocycles.